The van der Waals surface area contributed by atoms with E-state index in [1.165, 1.54) is 17.0 Å². The number of benzene rings is 2. The highest BCUT2D eigenvalue weighted by molar-refractivity contribution is 6.03. The molecule has 0 saturated heterocycles. The number of halogens is 1. The van der Waals surface area contributed by atoms with Crippen molar-refractivity contribution < 1.29 is 18.7 Å². The summed E-state index contributed by atoms with van der Waals surface area (Å²) < 4.78 is 19.8. The van der Waals surface area contributed by atoms with Crippen LogP contribution in [0.15, 0.2) is 54.9 Å². The first-order chi connectivity index (χ1) is 14.9. The van der Waals surface area contributed by atoms with Crippen LogP contribution >= 0.6 is 0 Å². The van der Waals surface area contributed by atoms with E-state index in [2.05, 4.69) is 15.7 Å². The van der Waals surface area contributed by atoms with E-state index in [1.54, 1.807) is 50.8 Å². The van der Waals surface area contributed by atoms with Gasteiger partial charge in [0, 0.05) is 32.3 Å². The average molecular weight is 423 g/mol. The molecule has 0 aliphatic carbocycles. The van der Waals surface area contributed by atoms with Crippen LogP contribution in [0.4, 0.5) is 20.6 Å². The predicted molar refractivity (Wildman–Crippen MR) is 114 cm³/mol. The van der Waals surface area contributed by atoms with Crippen LogP contribution in [0.3, 0.4) is 0 Å². The van der Waals surface area contributed by atoms with E-state index in [1.807, 2.05) is 6.07 Å². The molecule has 1 aliphatic rings. The number of carbonyl (C=O) groups excluding carboxylic acids is 2. The van der Waals surface area contributed by atoms with Gasteiger partial charge in [0.1, 0.15) is 17.6 Å². The van der Waals surface area contributed by atoms with Gasteiger partial charge in [0.2, 0.25) is 0 Å². The molecule has 2 amide bonds. The summed E-state index contributed by atoms with van der Waals surface area (Å²) in [5.74, 6) is 0.0507. The molecule has 2 heterocycles. The maximum atomic E-state index is 13.4. The van der Waals surface area contributed by atoms with Crippen LogP contribution in [0.25, 0.3) is 0 Å². The Morgan fingerprint density at radius 1 is 1.29 bits per heavy atom. The normalized spacial score (nSPS) is 15.6. The van der Waals surface area contributed by atoms with E-state index in [0.717, 1.165) is 21.5 Å². The van der Waals surface area contributed by atoms with Crippen LogP contribution < -0.4 is 20.3 Å². The molecule has 1 aromatic heterocycles. The second-order valence-corrected chi connectivity index (χ2v) is 7.26. The maximum Gasteiger partial charge on any atom is 0.342 e. The first-order valence-electron chi connectivity index (χ1n) is 9.73. The van der Waals surface area contributed by atoms with E-state index >= 15 is 0 Å². The van der Waals surface area contributed by atoms with Crippen LogP contribution in [0.1, 0.15) is 11.1 Å². The van der Waals surface area contributed by atoms with Crippen LogP contribution in [0, 0.1) is 5.82 Å². The summed E-state index contributed by atoms with van der Waals surface area (Å²) in [6.07, 6.45) is 3.55. The zero-order chi connectivity index (χ0) is 22.0. The molecule has 160 valence electrons. The lowest BCUT2D eigenvalue weighted by atomic mass is 10.1. The summed E-state index contributed by atoms with van der Waals surface area (Å²) in [6, 6.07) is 10.3. The van der Waals surface area contributed by atoms with Gasteiger partial charge in [-0.05, 0) is 35.4 Å². The minimum absolute atomic E-state index is 0.228. The fraction of sp³-hybridized carbons (Fsp3) is 0.227. The Morgan fingerprint density at radius 3 is 2.90 bits per heavy atom. The Bertz CT molecular complexity index is 1130. The third-order valence-corrected chi connectivity index (χ3v) is 5.13. The molecule has 0 bridgehead atoms. The van der Waals surface area contributed by atoms with Gasteiger partial charge in [0.05, 0.1) is 24.7 Å². The van der Waals surface area contributed by atoms with Crippen molar-refractivity contribution in [3.63, 3.8) is 0 Å². The number of rotatable bonds is 4. The fourth-order valence-corrected chi connectivity index (χ4v) is 3.49. The minimum Gasteiger partial charge on any atom is -0.497 e. The lowest BCUT2D eigenvalue weighted by molar-refractivity contribution is -0.119. The molecule has 1 atom stereocenters. The third-order valence-electron chi connectivity index (χ3n) is 5.13. The molecule has 0 saturated carbocycles. The number of fused-ring (bicyclic) bond motifs is 1. The van der Waals surface area contributed by atoms with Gasteiger partial charge in [-0.2, -0.15) is 9.78 Å². The zero-order valence-corrected chi connectivity index (χ0v) is 17.1. The van der Waals surface area contributed by atoms with Crippen LogP contribution in [0.5, 0.6) is 5.75 Å². The van der Waals surface area contributed by atoms with Crippen molar-refractivity contribution in [2.24, 2.45) is 0 Å². The highest BCUT2D eigenvalue weighted by Crippen LogP contribution is 2.31. The summed E-state index contributed by atoms with van der Waals surface area (Å²) in [4.78, 5) is 27.1. The lowest BCUT2D eigenvalue weighted by Crippen LogP contribution is -2.50. The van der Waals surface area contributed by atoms with E-state index in [-0.39, 0.29) is 18.3 Å². The fourth-order valence-electron chi connectivity index (χ4n) is 3.49. The van der Waals surface area contributed by atoms with Gasteiger partial charge in [-0.15, -0.1) is 0 Å². The number of hydrogen-bond acceptors (Lipinski definition) is 5. The molecule has 0 fully saturated rings. The minimum atomic E-state index is -0.785. The SMILES string of the molecule is COc1ccc2c(c1)N(C)C(=O)[C@@H](NC(=O)n1cc(Cc3cccc(F)c3)cn1)CN2. The van der Waals surface area contributed by atoms with Gasteiger partial charge < -0.3 is 20.3 Å². The molecule has 0 spiro atoms. The van der Waals surface area contributed by atoms with Gasteiger partial charge in [0.15, 0.2) is 0 Å². The smallest absolute Gasteiger partial charge is 0.342 e. The molecule has 0 radical (unpaired) electrons. The van der Waals surface area contributed by atoms with Crippen LogP contribution in [0.2, 0.25) is 0 Å². The van der Waals surface area contributed by atoms with E-state index in [4.69, 9.17) is 4.74 Å². The Hall–Kier alpha value is -3.88. The van der Waals surface area contributed by atoms with Crippen molar-refractivity contribution in [3.05, 3.63) is 71.8 Å². The van der Waals surface area contributed by atoms with Crippen molar-refractivity contribution in [1.29, 1.82) is 0 Å². The summed E-state index contributed by atoms with van der Waals surface area (Å²) in [5, 5.41) is 9.99. The van der Waals surface area contributed by atoms with Crippen molar-refractivity contribution in [2.45, 2.75) is 12.5 Å². The number of anilines is 2. The molecular weight excluding hydrogens is 401 g/mol. The van der Waals surface area contributed by atoms with Crippen molar-refractivity contribution >= 4 is 23.3 Å². The maximum absolute atomic E-state index is 13.4. The number of aromatic nitrogens is 2. The lowest BCUT2D eigenvalue weighted by Gasteiger charge is -2.21. The summed E-state index contributed by atoms with van der Waals surface area (Å²) >= 11 is 0. The molecule has 0 unspecified atom stereocenters. The largest absolute Gasteiger partial charge is 0.497 e. The molecule has 3 aromatic rings. The molecular formula is C22H22FN5O3. The van der Waals surface area contributed by atoms with E-state index in [9.17, 15) is 14.0 Å². The number of methoxy groups -OCH3 is 1. The quantitative estimate of drug-likeness (QED) is 0.674. The first kappa shape index (κ1) is 20.4. The number of hydrogen-bond donors (Lipinski definition) is 2. The second kappa shape index (κ2) is 8.47. The molecule has 9 heteroatoms. The van der Waals surface area contributed by atoms with Crippen molar-refractivity contribution in [1.82, 2.24) is 15.1 Å². The highest BCUT2D eigenvalue weighted by atomic mass is 19.1. The molecule has 2 aromatic carbocycles. The van der Waals surface area contributed by atoms with Crippen molar-refractivity contribution in [3.8, 4) is 5.75 Å². The molecule has 4 rings (SSSR count). The zero-order valence-electron chi connectivity index (χ0n) is 17.1. The van der Waals surface area contributed by atoms with Crippen molar-refractivity contribution in [2.75, 3.05) is 30.9 Å². The Morgan fingerprint density at radius 2 is 2.13 bits per heavy atom. The molecule has 1 aliphatic heterocycles. The highest BCUT2D eigenvalue weighted by Gasteiger charge is 2.30. The number of ether oxygens (including phenoxy) is 1. The van der Waals surface area contributed by atoms with Crippen LogP contribution in [-0.2, 0) is 11.2 Å². The number of carbonyl (C=O) groups is 2. The predicted octanol–water partition coefficient (Wildman–Crippen LogP) is 2.64. The van der Waals surface area contributed by atoms with Crippen LogP contribution in [-0.4, -0.2) is 48.5 Å². The summed E-state index contributed by atoms with van der Waals surface area (Å²) in [5.41, 5.74) is 2.96. The number of nitrogens with zero attached hydrogens (tertiary/aromatic N) is 3. The van der Waals surface area contributed by atoms with E-state index < -0.39 is 12.1 Å². The Kier molecular flexibility index (Phi) is 5.57. The van der Waals surface area contributed by atoms with E-state index in [0.29, 0.717) is 17.9 Å². The summed E-state index contributed by atoms with van der Waals surface area (Å²) in [7, 11) is 3.21. The number of nitrogens with one attached hydrogen (secondary N) is 2. The van der Waals surface area contributed by atoms with Gasteiger partial charge in [-0.25, -0.2) is 9.18 Å². The molecule has 2 N–H and O–H groups in total. The Balaban J connectivity index is 1.45. The first-order valence-corrected chi connectivity index (χ1v) is 9.73. The third kappa shape index (κ3) is 4.35. The molecule has 8 nitrogen and oxygen atoms in total. The average Bonchev–Trinajstić information content (AvgIpc) is 3.20. The van der Waals surface area contributed by atoms with Gasteiger partial charge in [-0.3, -0.25) is 4.79 Å². The standard InChI is InChI=1S/C22H22FN5O3/c1-27-20-10-17(31-2)6-7-18(20)24-12-19(21(27)29)26-22(30)28-13-15(11-25-28)8-14-4-3-5-16(23)9-14/h3-7,9-11,13,19,24H,8,12H2,1-2H3,(H,26,30)/t19-/m0/s1. The second-order valence-electron chi connectivity index (χ2n) is 7.26. The molecule has 31 heavy (non-hydrogen) atoms. The van der Waals surface area contributed by atoms with Gasteiger partial charge in [0.25, 0.3) is 5.91 Å². The van der Waals surface area contributed by atoms with Gasteiger partial charge in [-0.1, -0.05) is 12.1 Å². The number of amides is 2. The number of likely N-dealkylation sites (N-methyl/N-ethyl adjacent to an activating group) is 1. The van der Waals surface area contributed by atoms with Gasteiger partial charge >= 0.3 is 6.03 Å². The summed E-state index contributed by atoms with van der Waals surface area (Å²) in [6.45, 7) is 0.228. The topological polar surface area (TPSA) is 88.5 Å². The Labute approximate surface area is 178 Å². The monoisotopic (exact) mass is 423 g/mol.